The number of nitrogen functional groups attached to an aromatic ring is 1. The van der Waals surface area contributed by atoms with Gasteiger partial charge < -0.3 is 15.6 Å². The number of para-hydroxylation sites is 1. The van der Waals surface area contributed by atoms with Gasteiger partial charge in [-0.05, 0) is 24.3 Å². The van der Waals surface area contributed by atoms with Gasteiger partial charge in [0.1, 0.15) is 11.9 Å². The molecule has 0 aliphatic heterocycles. The number of aliphatic hydroxyl groups is 1. The van der Waals surface area contributed by atoms with Gasteiger partial charge in [-0.25, -0.2) is 0 Å². The molecule has 1 atom stereocenters. The monoisotopic (exact) mass is 361 g/mol. The van der Waals surface area contributed by atoms with Gasteiger partial charge in [0.2, 0.25) is 0 Å². The predicted octanol–water partition coefficient (Wildman–Crippen LogP) is 4.01. The van der Waals surface area contributed by atoms with Crippen molar-refractivity contribution in [1.29, 1.82) is 0 Å². The molecule has 0 aromatic heterocycles. The minimum atomic E-state index is -4.83. The minimum absolute atomic E-state index is 0.0142. The normalized spacial score (nSPS) is 13.0. The molecule has 0 radical (unpaired) electrons. The predicted molar refractivity (Wildman–Crippen MR) is 75.7 cm³/mol. The maximum absolute atomic E-state index is 12.4. The third kappa shape index (κ3) is 3.89. The van der Waals surface area contributed by atoms with Crippen LogP contribution in [0.3, 0.4) is 0 Å². The van der Waals surface area contributed by atoms with E-state index in [0.717, 1.165) is 6.07 Å². The molecule has 112 valence electrons. The maximum Gasteiger partial charge on any atom is 0.573 e. The third-order valence-corrected chi connectivity index (χ3v) is 3.28. The second-order valence-electron chi connectivity index (χ2n) is 4.26. The van der Waals surface area contributed by atoms with E-state index in [0.29, 0.717) is 10.0 Å². The number of alkyl halides is 3. The Bertz CT molecular complexity index is 646. The van der Waals surface area contributed by atoms with Crippen LogP contribution in [-0.4, -0.2) is 11.5 Å². The van der Waals surface area contributed by atoms with Crippen molar-refractivity contribution in [3.63, 3.8) is 0 Å². The lowest BCUT2D eigenvalue weighted by molar-refractivity contribution is -0.275. The Morgan fingerprint density at radius 1 is 1.10 bits per heavy atom. The van der Waals surface area contributed by atoms with E-state index >= 15 is 0 Å². The van der Waals surface area contributed by atoms with Gasteiger partial charge in [0.25, 0.3) is 0 Å². The van der Waals surface area contributed by atoms with E-state index in [1.54, 1.807) is 18.2 Å². The Hall–Kier alpha value is -1.73. The fourth-order valence-corrected chi connectivity index (χ4v) is 2.25. The molecular weight excluding hydrogens is 351 g/mol. The van der Waals surface area contributed by atoms with Crippen LogP contribution in [0.2, 0.25) is 0 Å². The molecule has 0 saturated heterocycles. The smallest absolute Gasteiger partial charge is 0.405 e. The molecule has 0 saturated carbocycles. The summed E-state index contributed by atoms with van der Waals surface area (Å²) in [7, 11) is 0. The number of aliphatic hydroxyl groups excluding tert-OH is 1. The lowest BCUT2D eigenvalue weighted by Crippen LogP contribution is -2.19. The van der Waals surface area contributed by atoms with Crippen molar-refractivity contribution in [2.24, 2.45) is 0 Å². The number of ether oxygens (including phenoxy) is 1. The maximum atomic E-state index is 12.4. The highest BCUT2D eigenvalue weighted by Crippen LogP contribution is 2.36. The number of anilines is 1. The van der Waals surface area contributed by atoms with Crippen molar-refractivity contribution in [2.75, 3.05) is 5.73 Å². The van der Waals surface area contributed by atoms with Gasteiger partial charge in [-0.2, -0.15) is 0 Å². The number of hydrogen-bond donors (Lipinski definition) is 2. The van der Waals surface area contributed by atoms with Gasteiger partial charge in [0.15, 0.2) is 0 Å². The lowest BCUT2D eigenvalue weighted by Gasteiger charge is -2.18. The van der Waals surface area contributed by atoms with Gasteiger partial charge in [-0.15, -0.1) is 13.2 Å². The zero-order valence-electron chi connectivity index (χ0n) is 10.6. The van der Waals surface area contributed by atoms with Crippen LogP contribution < -0.4 is 10.5 Å². The molecule has 1 unspecified atom stereocenters. The molecule has 7 heteroatoms. The zero-order chi connectivity index (χ0) is 15.6. The number of halogens is 4. The topological polar surface area (TPSA) is 55.5 Å². The van der Waals surface area contributed by atoms with E-state index in [4.69, 9.17) is 5.73 Å². The molecule has 0 aliphatic carbocycles. The van der Waals surface area contributed by atoms with Gasteiger partial charge >= 0.3 is 6.36 Å². The van der Waals surface area contributed by atoms with Crippen LogP contribution in [-0.2, 0) is 0 Å². The summed E-state index contributed by atoms with van der Waals surface area (Å²) in [6, 6.07) is 10.2. The van der Waals surface area contributed by atoms with E-state index in [9.17, 15) is 18.3 Å². The first-order chi connectivity index (χ1) is 9.78. The van der Waals surface area contributed by atoms with E-state index in [1.165, 1.54) is 18.2 Å². The molecule has 0 fully saturated rings. The summed E-state index contributed by atoms with van der Waals surface area (Å²) in [5.74, 6) is -0.461. The molecule has 2 aromatic carbocycles. The summed E-state index contributed by atoms with van der Waals surface area (Å²) in [4.78, 5) is 0. The van der Waals surface area contributed by atoms with E-state index in [-0.39, 0.29) is 11.3 Å². The van der Waals surface area contributed by atoms with Crippen molar-refractivity contribution >= 4 is 21.6 Å². The van der Waals surface area contributed by atoms with Gasteiger partial charge in [-0.3, -0.25) is 0 Å². The first-order valence-corrected chi connectivity index (χ1v) is 6.65. The minimum Gasteiger partial charge on any atom is -0.405 e. The molecule has 3 nitrogen and oxygen atoms in total. The second kappa shape index (κ2) is 5.95. The van der Waals surface area contributed by atoms with E-state index in [2.05, 4.69) is 20.7 Å². The van der Waals surface area contributed by atoms with Crippen molar-refractivity contribution in [3.8, 4) is 5.75 Å². The quantitative estimate of drug-likeness (QED) is 0.812. The Morgan fingerprint density at radius 2 is 1.76 bits per heavy atom. The highest BCUT2D eigenvalue weighted by atomic mass is 79.9. The van der Waals surface area contributed by atoms with Crippen LogP contribution >= 0.6 is 15.9 Å². The summed E-state index contributed by atoms with van der Waals surface area (Å²) < 4.78 is 41.8. The van der Waals surface area contributed by atoms with Crippen molar-refractivity contribution in [1.82, 2.24) is 0 Å². The molecule has 0 bridgehead atoms. The van der Waals surface area contributed by atoms with Gasteiger partial charge in [0, 0.05) is 21.3 Å². The molecule has 2 rings (SSSR count). The van der Waals surface area contributed by atoms with E-state index < -0.39 is 18.2 Å². The number of rotatable bonds is 3. The summed E-state index contributed by atoms with van der Waals surface area (Å²) in [6.07, 6.45) is -6.17. The average Bonchev–Trinajstić information content (AvgIpc) is 2.39. The third-order valence-electron chi connectivity index (χ3n) is 2.78. The fourth-order valence-electron chi connectivity index (χ4n) is 1.87. The van der Waals surface area contributed by atoms with Crippen LogP contribution in [0, 0.1) is 0 Å². The van der Waals surface area contributed by atoms with Crippen molar-refractivity contribution in [3.05, 3.63) is 58.1 Å². The van der Waals surface area contributed by atoms with Gasteiger partial charge in [-0.1, -0.05) is 34.1 Å². The number of benzene rings is 2. The van der Waals surface area contributed by atoms with Crippen molar-refractivity contribution in [2.45, 2.75) is 12.5 Å². The Labute approximate surface area is 127 Å². The Balaban J connectivity index is 2.44. The largest absolute Gasteiger partial charge is 0.573 e. The van der Waals surface area contributed by atoms with E-state index in [1.807, 2.05) is 0 Å². The van der Waals surface area contributed by atoms with Crippen LogP contribution in [0.25, 0.3) is 0 Å². The molecule has 3 N–H and O–H groups in total. The zero-order valence-corrected chi connectivity index (χ0v) is 12.1. The first kappa shape index (κ1) is 15.7. The molecule has 2 aromatic rings. The molecule has 0 amide bonds. The van der Waals surface area contributed by atoms with Crippen LogP contribution in [0.5, 0.6) is 5.75 Å². The summed E-state index contributed by atoms with van der Waals surface area (Å²) >= 11 is 3.23. The number of hydrogen-bond acceptors (Lipinski definition) is 3. The molecule has 0 heterocycles. The average molecular weight is 362 g/mol. The second-order valence-corrected chi connectivity index (χ2v) is 5.18. The first-order valence-electron chi connectivity index (χ1n) is 5.85. The number of nitrogens with two attached hydrogens (primary N) is 1. The molecule has 21 heavy (non-hydrogen) atoms. The van der Waals surface area contributed by atoms with Gasteiger partial charge in [0.05, 0.1) is 0 Å². The summed E-state index contributed by atoms with van der Waals surface area (Å²) in [5.41, 5.74) is 6.31. The SMILES string of the molecule is Nc1ccc(Br)cc1C(O)c1ccccc1OC(F)(F)F. The fraction of sp³-hybridized carbons (Fsp3) is 0.143. The standard InChI is InChI=1S/C14H11BrF3NO2/c15-8-5-6-11(19)10(7-8)13(20)9-3-1-2-4-12(9)21-14(16,17)18/h1-7,13,20H,19H2. The van der Waals surface area contributed by atoms with Crippen molar-refractivity contribution < 1.29 is 23.0 Å². The molecular formula is C14H11BrF3NO2. The van der Waals surface area contributed by atoms with Crippen LogP contribution in [0.1, 0.15) is 17.2 Å². The summed E-state index contributed by atoms with van der Waals surface area (Å²) in [6.45, 7) is 0. The van der Waals surface area contributed by atoms with Crippen LogP contribution in [0.15, 0.2) is 46.9 Å². The van der Waals surface area contributed by atoms with Crippen LogP contribution in [0.4, 0.5) is 18.9 Å². The highest BCUT2D eigenvalue weighted by Gasteiger charge is 2.33. The highest BCUT2D eigenvalue weighted by molar-refractivity contribution is 9.10. The summed E-state index contributed by atoms with van der Waals surface area (Å²) in [5, 5.41) is 10.3. The molecule has 0 spiro atoms. The Kier molecular flexibility index (Phi) is 4.43. The Morgan fingerprint density at radius 3 is 2.43 bits per heavy atom. The molecule has 0 aliphatic rings. The lowest BCUT2D eigenvalue weighted by atomic mass is 9.99.